The zero-order valence-electron chi connectivity index (χ0n) is 9.94. The Morgan fingerprint density at radius 2 is 1.76 bits per heavy atom. The third-order valence-corrected chi connectivity index (χ3v) is 3.29. The Labute approximate surface area is 101 Å². The Kier molecular flexibility index (Phi) is 3.57. The maximum absolute atomic E-state index is 12.2. The number of ketones is 2. The monoisotopic (exact) mass is 232 g/mol. The molecule has 1 aromatic rings. The van der Waals surface area contributed by atoms with E-state index in [4.69, 9.17) is 4.74 Å². The van der Waals surface area contributed by atoms with Crippen molar-refractivity contribution < 1.29 is 14.3 Å². The Balaban J connectivity index is 2.05. The zero-order valence-corrected chi connectivity index (χ0v) is 9.94. The van der Waals surface area contributed by atoms with Gasteiger partial charge in [-0.1, -0.05) is 0 Å². The molecule has 1 aromatic carbocycles. The minimum atomic E-state index is 0.0149. The van der Waals surface area contributed by atoms with Crippen LogP contribution in [0.2, 0.25) is 0 Å². The minimum absolute atomic E-state index is 0.0149. The second-order valence-corrected chi connectivity index (χ2v) is 4.41. The molecular formula is C14H16O3. The predicted octanol–water partition coefficient (Wildman–Crippen LogP) is 2.64. The Hall–Kier alpha value is -1.64. The van der Waals surface area contributed by atoms with Gasteiger partial charge < -0.3 is 4.74 Å². The van der Waals surface area contributed by atoms with Crippen LogP contribution in [0.25, 0.3) is 0 Å². The molecule has 1 aliphatic rings. The highest BCUT2D eigenvalue weighted by atomic mass is 16.5. The molecule has 0 N–H and O–H groups in total. The fourth-order valence-corrected chi connectivity index (χ4v) is 2.19. The van der Waals surface area contributed by atoms with Gasteiger partial charge in [0.05, 0.1) is 7.11 Å². The van der Waals surface area contributed by atoms with Crippen molar-refractivity contribution >= 4 is 11.6 Å². The van der Waals surface area contributed by atoms with Gasteiger partial charge in [0.25, 0.3) is 0 Å². The van der Waals surface area contributed by atoms with Crippen LogP contribution in [0.15, 0.2) is 24.3 Å². The summed E-state index contributed by atoms with van der Waals surface area (Å²) in [6, 6.07) is 7.16. The van der Waals surface area contributed by atoms with Crippen molar-refractivity contribution in [2.45, 2.75) is 25.7 Å². The minimum Gasteiger partial charge on any atom is -0.497 e. The van der Waals surface area contributed by atoms with Crippen LogP contribution in [-0.4, -0.2) is 18.7 Å². The average Bonchev–Trinajstić information content (AvgIpc) is 2.39. The summed E-state index contributed by atoms with van der Waals surface area (Å²) >= 11 is 0. The number of hydrogen-bond acceptors (Lipinski definition) is 3. The van der Waals surface area contributed by atoms with E-state index in [2.05, 4.69) is 0 Å². The van der Waals surface area contributed by atoms with Gasteiger partial charge in [0.1, 0.15) is 11.5 Å². The summed E-state index contributed by atoms with van der Waals surface area (Å²) in [4.78, 5) is 23.3. The lowest BCUT2D eigenvalue weighted by Gasteiger charge is -2.19. The number of carbonyl (C=O) groups excluding carboxylic acids is 2. The van der Waals surface area contributed by atoms with Gasteiger partial charge in [-0.25, -0.2) is 0 Å². The van der Waals surface area contributed by atoms with Gasteiger partial charge >= 0.3 is 0 Å². The van der Waals surface area contributed by atoms with Crippen molar-refractivity contribution in [3.05, 3.63) is 29.8 Å². The highest BCUT2D eigenvalue weighted by Gasteiger charge is 2.25. The summed E-state index contributed by atoms with van der Waals surface area (Å²) in [6.07, 6.45) is 2.49. The molecule has 0 atom stereocenters. The van der Waals surface area contributed by atoms with Gasteiger partial charge in [-0.05, 0) is 37.1 Å². The van der Waals surface area contributed by atoms with Crippen molar-refractivity contribution in [2.75, 3.05) is 7.11 Å². The molecule has 0 spiro atoms. The van der Waals surface area contributed by atoms with Crippen LogP contribution in [0, 0.1) is 5.92 Å². The Morgan fingerprint density at radius 3 is 2.29 bits per heavy atom. The van der Waals surface area contributed by atoms with Crippen LogP contribution >= 0.6 is 0 Å². The number of Topliss-reactive ketones (excluding diaryl/α,β-unsaturated/α-hetero) is 2. The van der Waals surface area contributed by atoms with Gasteiger partial charge in [-0.15, -0.1) is 0 Å². The van der Waals surface area contributed by atoms with Crippen molar-refractivity contribution in [2.24, 2.45) is 5.92 Å². The van der Waals surface area contributed by atoms with E-state index in [1.54, 1.807) is 31.4 Å². The van der Waals surface area contributed by atoms with Crippen LogP contribution in [0.1, 0.15) is 36.0 Å². The topological polar surface area (TPSA) is 43.4 Å². The maximum atomic E-state index is 12.2. The van der Waals surface area contributed by atoms with E-state index in [-0.39, 0.29) is 17.5 Å². The van der Waals surface area contributed by atoms with Crippen LogP contribution < -0.4 is 4.74 Å². The van der Waals surface area contributed by atoms with Crippen LogP contribution in [-0.2, 0) is 4.79 Å². The zero-order chi connectivity index (χ0) is 12.3. The van der Waals surface area contributed by atoms with Crippen molar-refractivity contribution in [3.63, 3.8) is 0 Å². The molecule has 1 aliphatic carbocycles. The summed E-state index contributed by atoms with van der Waals surface area (Å²) in [7, 11) is 1.60. The molecule has 2 rings (SSSR count). The summed E-state index contributed by atoms with van der Waals surface area (Å²) in [5.74, 6) is 1.20. The van der Waals surface area contributed by atoms with Crippen molar-refractivity contribution in [1.82, 2.24) is 0 Å². The average molecular weight is 232 g/mol. The largest absolute Gasteiger partial charge is 0.497 e. The number of ether oxygens (including phenoxy) is 1. The molecule has 0 unspecified atom stereocenters. The standard InChI is InChI=1S/C14H16O3/c1-17-13-8-4-11(5-9-13)14(16)10-2-6-12(15)7-3-10/h4-5,8-10H,2-3,6-7H2,1H3. The number of methoxy groups -OCH3 is 1. The SMILES string of the molecule is COc1ccc(C(=O)C2CCC(=O)CC2)cc1. The molecule has 17 heavy (non-hydrogen) atoms. The third kappa shape index (κ3) is 2.73. The van der Waals surface area contributed by atoms with E-state index in [9.17, 15) is 9.59 Å². The fourth-order valence-electron chi connectivity index (χ4n) is 2.19. The number of hydrogen-bond donors (Lipinski definition) is 0. The predicted molar refractivity (Wildman–Crippen MR) is 64.3 cm³/mol. The summed E-state index contributed by atoms with van der Waals surface area (Å²) in [5, 5.41) is 0. The van der Waals surface area contributed by atoms with Gasteiger partial charge in [-0.3, -0.25) is 9.59 Å². The lowest BCUT2D eigenvalue weighted by atomic mass is 9.83. The molecule has 0 amide bonds. The first-order chi connectivity index (χ1) is 8.20. The van der Waals surface area contributed by atoms with E-state index in [1.165, 1.54) is 0 Å². The lowest BCUT2D eigenvalue weighted by molar-refractivity contribution is -0.120. The third-order valence-electron chi connectivity index (χ3n) is 3.29. The molecule has 3 heteroatoms. The summed E-state index contributed by atoms with van der Waals surface area (Å²) in [6.45, 7) is 0. The van der Waals surface area contributed by atoms with E-state index in [0.717, 1.165) is 5.75 Å². The van der Waals surface area contributed by atoms with E-state index < -0.39 is 0 Å². The van der Waals surface area contributed by atoms with E-state index in [1.807, 2.05) is 0 Å². The van der Waals surface area contributed by atoms with Crippen LogP contribution in [0.4, 0.5) is 0 Å². The van der Waals surface area contributed by atoms with Crippen LogP contribution in [0.5, 0.6) is 5.75 Å². The van der Waals surface area contributed by atoms with Crippen molar-refractivity contribution in [1.29, 1.82) is 0 Å². The summed E-state index contributed by atoms with van der Waals surface area (Å²) in [5.41, 5.74) is 0.713. The first-order valence-corrected chi connectivity index (χ1v) is 5.90. The van der Waals surface area contributed by atoms with Crippen molar-refractivity contribution in [3.8, 4) is 5.75 Å². The Bertz CT molecular complexity index is 410. The second kappa shape index (κ2) is 5.13. The van der Waals surface area contributed by atoms with Gasteiger partial charge in [0.2, 0.25) is 0 Å². The smallest absolute Gasteiger partial charge is 0.165 e. The van der Waals surface area contributed by atoms with E-state index in [0.29, 0.717) is 31.2 Å². The molecule has 0 saturated heterocycles. The van der Waals surface area contributed by atoms with Gasteiger partial charge in [-0.2, -0.15) is 0 Å². The molecular weight excluding hydrogens is 216 g/mol. The Morgan fingerprint density at radius 1 is 1.18 bits per heavy atom. The number of carbonyl (C=O) groups is 2. The molecule has 1 fully saturated rings. The van der Waals surface area contributed by atoms with Crippen LogP contribution in [0.3, 0.4) is 0 Å². The molecule has 0 aromatic heterocycles. The summed E-state index contributed by atoms with van der Waals surface area (Å²) < 4.78 is 5.05. The number of benzene rings is 1. The molecule has 0 radical (unpaired) electrons. The molecule has 0 aliphatic heterocycles. The van der Waals surface area contributed by atoms with Gasteiger partial charge in [0.15, 0.2) is 5.78 Å². The lowest BCUT2D eigenvalue weighted by Crippen LogP contribution is -2.21. The fraction of sp³-hybridized carbons (Fsp3) is 0.429. The molecule has 3 nitrogen and oxygen atoms in total. The highest BCUT2D eigenvalue weighted by molar-refractivity contribution is 5.99. The molecule has 0 heterocycles. The molecule has 0 bridgehead atoms. The second-order valence-electron chi connectivity index (χ2n) is 4.41. The number of rotatable bonds is 3. The quantitative estimate of drug-likeness (QED) is 0.752. The first-order valence-electron chi connectivity index (χ1n) is 5.90. The van der Waals surface area contributed by atoms with Gasteiger partial charge in [0, 0.05) is 24.3 Å². The normalized spacial score (nSPS) is 16.9. The maximum Gasteiger partial charge on any atom is 0.165 e. The highest BCUT2D eigenvalue weighted by Crippen LogP contribution is 2.25. The van der Waals surface area contributed by atoms with E-state index >= 15 is 0 Å². The first kappa shape index (κ1) is 11.8. The molecule has 1 saturated carbocycles. The molecule has 90 valence electrons.